The van der Waals surface area contributed by atoms with Crippen LogP contribution in [0.5, 0.6) is 0 Å². The normalized spacial score (nSPS) is 13.6. The molecule has 2 nitrogen and oxygen atoms in total. The zero-order valence-corrected chi connectivity index (χ0v) is 42.1. The highest BCUT2D eigenvalue weighted by molar-refractivity contribution is 6.17. The van der Waals surface area contributed by atoms with E-state index in [0.29, 0.717) is 0 Å². The Labute approximate surface area is 422 Å². The second kappa shape index (κ2) is 16.8. The summed E-state index contributed by atoms with van der Waals surface area (Å²) in [6.07, 6.45) is 0. The second-order valence-electron chi connectivity index (χ2n) is 21.0. The van der Waals surface area contributed by atoms with Crippen LogP contribution < -0.4 is 9.80 Å². The molecule has 0 aliphatic heterocycles. The Bertz CT molecular complexity index is 3480. The molecule has 0 saturated carbocycles. The van der Waals surface area contributed by atoms with Gasteiger partial charge in [0, 0.05) is 45.0 Å². The minimum absolute atomic E-state index is 0.278. The number of nitrogens with zero attached hydrogens (tertiary/aromatic N) is 2. The molecule has 2 aliphatic rings. The third kappa shape index (κ3) is 6.94. The Morgan fingerprint density at radius 3 is 0.931 bits per heavy atom. The largest absolute Gasteiger partial charge is 0.310 e. The molecule has 0 atom stereocenters. The summed E-state index contributed by atoms with van der Waals surface area (Å²) in [5.74, 6) is -0.557. The van der Waals surface area contributed by atoms with Gasteiger partial charge in [0.05, 0.1) is 0 Å². The highest BCUT2D eigenvalue weighted by Gasteiger charge is 2.43. The smallest absolute Gasteiger partial charge is 0.123 e. The van der Waals surface area contributed by atoms with Gasteiger partial charge in [-0.25, -0.2) is 8.78 Å². The van der Waals surface area contributed by atoms with Crippen molar-refractivity contribution >= 4 is 44.9 Å². The Morgan fingerprint density at radius 2 is 0.625 bits per heavy atom. The van der Waals surface area contributed by atoms with E-state index in [2.05, 4.69) is 211 Å². The molecule has 0 amide bonds. The van der Waals surface area contributed by atoms with Crippen LogP contribution in [-0.2, 0) is 10.8 Å². The number of anilines is 6. The van der Waals surface area contributed by atoms with Crippen molar-refractivity contribution < 1.29 is 8.78 Å². The molecule has 10 aromatic carbocycles. The van der Waals surface area contributed by atoms with Gasteiger partial charge in [0.15, 0.2) is 0 Å². The summed E-state index contributed by atoms with van der Waals surface area (Å²) in [6.45, 7) is 18.1. The Morgan fingerprint density at radius 1 is 0.319 bits per heavy atom. The maximum atomic E-state index is 15.1. The van der Waals surface area contributed by atoms with E-state index < -0.39 is 10.8 Å². The second-order valence-corrected chi connectivity index (χ2v) is 21.0. The highest BCUT2D eigenvalue weighted by atomic mass is 19.1. The molecule has 0 radical (unpaired) electrons. The van der Waals surface area contributed by atoms with Gasteiger partial charge in [-0.05, 0) is 212 Å². The quantitative estimate of drug-likeness (QED) is 0.150. The number of hydrogen-bond donors (Lipinski definition) is 0. The summed E-state index contributed by atoms with van der Waals surface area (Å²) in [5.41, 5.74) is 24.0. The minimum Gasteiger partial charge on any atom is -0.310 e. The fourth-order valence-corrected chi connectivity index (χ4v) is 12.1. The standard InChI is InChI=1S/C68H56F2N2/c1-41-17-9-13-21-59(41)71(60-22-14-10-18-42(60)2)49-33-35-51-55(37-49)67(5,6)57-39-53-54(63(65(51)57)45-25-29-47(69)30-26-45)40-58-66(64(53)46-27-31-48(70)32-28-46)52-36-34-50(38-56(52)68(58,7)8)72(61-23-15-11-19-43(61)3)62-24-16-12-20-44(62)4/h9-40H,1-8H3. The predicted octanol–water partition coefficient (Wildman–Crippen LogP) is 19.2. The summed E-state index contributed by atoms with van der Waals surface area (Å²) < 4.78 is 30.1. The van der Waals surface area contributed by atoms with Crippen molar-refractivity contribution in [1.82, 2.24) is 0 Å². The van der Waals surface area contributed by atoms with Crippen LogP contribution in [0.25, 0.3) is 55.3 Å². The first-order chi connectivity index (χ1) is 34.7. The van der Waals surface area contributed by atoms with Gasteiger partial charge in [-0.1, -0.05) is 137 Å². The van der Waals surface area contributed by atoms with Crippen LogP contribution in [0.4, 0.5) is 42.9 Å². The zero-order valence-electron chi connectivity index (χ0n) is 42.1. The van der Waals surface area contributed by atoms with Gasteiger partial charge in [0.25, 0.3) is 0 Å². The van der Waals surface area contributed by atoms with Crippen LogP contribution in [0.15, 0.2) is 194 Å². The van der Waals surface area contributed by atoms with Crippen molar-refractivity contribution in [2.45, 2.75) is 66.2 Å². The molecule has 0 heterocycles. The molecule has 4 heteroatoms. The summed E-state index contributed by atoms with van der Waals surface area (Å²) >= 11 is 0. The summed E-state index contributed by atoms with van der Waals surface area (Å²) in [7, 11) is 0. The molecule has 0 N–H and O–H groups in total. The van der Waals surface area contributed by atoms with Gasteiger partial charge < -0.3 is 9.80 Å². The number of hydrogen-bond acceptors (Lipinski definition) is 2. The maximum Gasteiger partial charge on any atom is 0.123 e. The lowest BCUT2D eigenvalue weighted by atomic mass is 9.76. The topological polar surface area (TPSA) is 6.48 Å². The highest BCUT2D eigenvalue weighted by Crippen LogP contribution is 2.61. The van der Waals surface area contributed by atoms with Gasteiger partial charge in [-0.3, -0.25) is 0 Å². The molecule has 352 valence electrons. The van der Waals surface area contributed by atoms with Gasteiger partial charge in [-0.15, -0.1) is 0 Å². The Hall–Kier alpha value is -8.08. The fourth-order valence-electron chi connectivity index (χ4n) is 12.1. The van der Waals surface area contributed by atoms with Crippen LogP contribution in [0.1, 0.15) is 72.2 Å². The van der Waals surface area contributed by atoms with Gasteiger partial charge in [0.1, 0.15) is 11.6 Å². The number of rotatable bonds is 8. The lowest BCUT2D eigenvalue weighted by molar-refractivity contribution is 0.627. The SMILES string of the molecule is Cc1ccccc1N(c1ccc2c(c1)C(C)(C)c1cc3c(-c4ccc(F)cc4)c4c(cc3c(-c3ccc(F)cc3)c1-2)C(C)(C)c1cc(N(c2ccccc2C)c2ccccc2C)ccc1-4)c1ccccc1C. The number of halogens is 2. The molecule has 0 unspecified atom stereocenters. The molecule has 2 aliphatic carbocycles. The van der Waals surface area contributed by atoms with Crippen LogP contribution >= 0.6 is 0 Å². The van der Waals surface area contributed by atoms with Gasteiger partial charge in [0.2, 0.25) is 0 Å². The molecule has 10 aromatic rings. The third-order valence-corrected chi connectivity index (χ3v) is 15.9. The number of para-hydroxylation sites is 4. The van der Waals surface area contributed by atoms with Crippen molar-refractivity contribution in [2.24, 2.45) is 0 Å². The van der Waals surface area contributed by atoms with Crippen molar-refractivity contribution in [3.05, 3.63) is 250 Å². The lowest BCUT2D eigenvalue weighted by Crippen LogP contribution is -2.18. The van der Waals surface area contributed by atoms with E-state index in [9.17, 15) is 0 Å². The molecule has 72 heavy (non-hydrogen) atoms. The molecule has 0 spiro atoms. The number of benzene rings is 10. The first kappa shape index (κ1) is 45.1. The average Bonchev–Trinajstić information content (AvgIpc) is 3.74. The van der Waals surface area contributed by atoms with Crippen molar-refractivity contribution in [3.63, 3.8) is 0 Å². The lowest BCUT2D eigenvalue weighted by Gasteiger charge is -2.30. The molecular formula is C68H56F2N2. The molecular weight excluding hydrogens is 883 g/mol. The van der Waals surface area contributed by atoms with Gasteiger partial charge >= 0.3 is 0 Å². The Balaban J connectivity index is 1.13. The van der Waals surface area contributed by atoms with E-state index in [0.717, 1.165) is 89.4 Å². The molecule has 0 fully saturated rings. The van der Waals surface area contributed by atoms with E-state index in [-0.39, 0.29) is 11.6 Å². The zero-order chi connectivity index (χ0) is 49.8. The summed E-state index contributed by atoms with van der Waals surface area (Å²) in [4.78, 5) is 4.79. The van der Waals surface area contributed by atoms with Crippen molar-refractivity contribution in [1.29, 1.82) is 0 Å². The predicted molar refractivity (Wildman–Crippen MR) is 298 cm³/mol. The molecule has 0 aromatic heterocycles. The Kier molecular flexibility index (Phi) is 10.5. The maximum absolute atomic E-state index is 15.1. The molecule has 12 rings (SSSR count). The average molecular weight is 939 g/mol. The van der Waals surface area contributed by atoms with Crippen LogP contribution in [0.2, 0.25) is 0 Å². The van der Waals surface area contributed by atoms with Crippen LogP contribution in [0, 0.1) is 39.3 Å². The van der Waals surface area contributed by atoms with E-state index in [1.807, 2.05) is 24.3 Å². The first-order valence-corrected chi connectivity index (χ1v) is 25.1. The minimum atomic E-state index is -0.452. The van der Waals surface area contributed by atoms with Crippen molar-refractivity contribution in [2.75, 3.05) is 9.80 Å². The van der Waals surface area contributed by atoms with E-state index >= 15 is 8.78 Å². The van der Waals surface area contributed by atoms with E-state index in [1.165, 1.54) is 44.5 Å². The third-order valence-electron chi connectivity index (χ3n) is 15.9. The fraction of sp³-hybridized carbons (Fsp3) is 0.147. The van der Waals surface area contributed by atoms with Crippen molar-refractivity contribution in [3.8, 4) is 44.5 Å². The van der Waals surface area contributed by atoms with Crippen LogP contribution in [0.3, 0.4) is 0 Å². The van der Waals surface area contributed by atoms with E-state index in [1.54, 1.807) is 24.3 Å². The molecule has 0 bridgehead atoms. The first-order valence-electron chi connectivity index (χ1n) is 25.1. The summed E-state index contributed by atoms with van der Waals surface area (Å²) in [5, 5.41) is 2.16. The van der Waals surface area contributed by atoms with Gasteiger partial charge in [-0.2, -0.15) is 0 Å². The van der Waals surface area contributed by atoms with E-state index in [4.69, 9.17) is 0 Å². The van der Waals surface area contributed by atoms with Crippen LogP contribution in [-0.4, -0.2) is 0 Å². The molecule has 0 saturated heterocycles. The summed E-state index contributed by atoms with van der Waals surface area (Å²) in [6, 6.07) is 67.2. The monoisotopic (exact) mass is 938 g/mol. The number of fused-ring (bicyclic) bond motifs is 7. The number of aryl methyl sites for hydroxylation is 4.